The number of carbonyl (C=O) groups is 1. The summed E-state index contributed by atoms with van der Waals surface area (Å²) in [6.45, 7) is 0. The lowest BCUT2D eigenvalue weighted by atomic mass is 10.1. The van der Waals surface area contributed by atoms with Crippen LogP contribution in [0.2, 0.25) is 0 Å². The summed E-state index contributed by atoms with van der Waals surface area (Å²) in [5.74, 6) is 0.778. The highest BCUT2D eigenvalue weighted by atomic mass is 32.2. The van der Waals surface area contributed by atoms with Crippen molar-refractivity contribution in [1.82, 2.24) is 0 Å². The first-order chi connectivity index (χ1) is 5.79. The lowest BCUT2D eigenvalue weighted by molar-refractivity contribution is 0.0964. The van der Waals surface area contributed by atoms with Crippen LogP contribution in [-0.2, 0) is 0 Å². The molecule has 2 rings (SSSR count). The molecule has 2 nitrogen and oxygen atoms in total. The lowest BCUT2D eigenvalue weighted by Gasteiger charge is -2.18. The number of hydrogen-bond donors (Lipinski definition) is 1. The molecule has 0 radical (unpaired) electrons. The normalized spacial score (nSPS) is 22.1. The van der Waals surface area contributed by atoms with Crippen molar-refractivity contribution in [3.8, 4) is 0 Å². The Morgan fingerprint density at radius 2 is 2.17 bits per heavy atom. The van der Waals surface area contributed by atoms with Gasteiger partial charge in [-0.1, -0.05) is 18.2 Å². The summed E-state index contributed by atoms with van der Waals surface area (Å²) in [6, 6.07) is 7.29. The molecule has 0 amide bonds. The first-order valence-electron chi connectivity index (χ1n) is 3.80. The van der Waals surface area contributed by atoms with Gasteiger partial charge in [-0.2, -0.15) is 0 Å². The molecule has 3 heteroatoms. The molecule has 0 bridgehead atoms. The second kappa shape index (κ2) is 2.92. The van der Waals surface area contributed by atoms with Crippen molar-refractivity contribution >= 4 is 17.5 Å². The van der Waals surface area contributed by atoms with Crippen LogP contribution in [0.4, 0.5) is 0 Å². The third kappa shape index (κ3) is 1.15. The number of ketones is 1. The summed E-state index contributed by atoms with van der Waals surface area (Å²) >= 11 is 1.65. The van der Waals surface area contributed by atoms with Crippen LogP contribution in [-0.4, -0.2) is 17.6 Å². The second-order valence-electron chi connectivity index (χ2n) is 2.78. The minimum Gasteiger partial charge on any atom is -0.321 e. The number of fused-ring (bicyclic) bond motifs is 1. The molecule has 0 saturated carbocycles. The maximum Gasteiger partial charge on any atom is 0.181 e. The van der Waals surface area contributed by atoms with E-state index in [1.165, 1.54) is 0 Å². The highest BCUT2D eigenvalue weighted by Crippen LogP contribution is 2.28. The first kappa shape index (κ1) is 7.83. The van der Waals surface area contributed by atoms with Crippen LogP contribution in [0.15, 0.2) is 29.2 Å². The lowest BCUT2D eigenvalue weighted by Crippen LogP contribution is -2.35. The van der Waals surface area contributed by atoms with E-state index < -0.39 is 0 Å². The largest absolute Gasteiger partial charge is 0.321 e. The van der Waals surface area contributed by atoms with Crippen LogP contribution >= 0.6 is 11.8 Å². The van der Waals surface area contributed by atoms with Gasteiger partial charge in [0, 0.05) is 16.2 Å². The van der Waals surface area contributed by atoms with E-state index in [-0.39, 0.29) is 11.8 Å². The van der Waals surface area contributed by atoms with Crippen molar-refractivity contribution in [2.45, 2.75) is 10.9 Å². The number of rotatable bonds is 0. The van der Waals surface area contributed by atoms with Crippen molar-refractivity contribution in [3.63, 3.8) is 0 Å². The fraction of sp³-hybridized carbons (Fsp3) is 0.222. The topological polar surface area (TPSA) is 43.1 Å². The van der Waals surface area contributed by atoms with Gasteiger partial charge in [-0.15, -0.1) is 11.8 Å². The van der Waals surface area contributed by atoms with Gasteiger partial charge in [-0.05, 0) is 6.07 Å². The average molecular weight is 179 g/mol. The molecule has 1 atom stereocenters. The minimum absolute atomic E-state index is 0.0735. The molecule has 0 fully saturated rings. The van der Waals surface area contributed by atoms with Crippen molar-refractivity contribution in [2.24, 2.45) is 5.73 Å². The molecular formula is C9H9NOS. The zero-order valence-corrected chi connectivity index (χ0v) is 7.30. The average Bonchev–Trinajstić information content (AvgIpc) is 2.12. The zero-order valence-electron chi connectivity index (χ0n) is 6.49. The Morgan fingerprint density at radius 1 is 1.42 bits per heavy atom. The Bertz CT molecular complexity index is 324. The van der Waals surface area contributed by atoms with E-state index in [1.54, 1.807) is 11.8 Å². The predicted molar refractivity (Wildman–Crippen MR) is 49.5 cm³/mol. The van der Waals surface area contributed by atoms with Crippen LogP contribution in [0, 0.1) is 0 Å². The summed E-state index contributed by atoms with van der Waals surface area (Å²) < 4.78 is 0. The molecule has 1 aromatic carbocycles. The third-order valence-electron chi connectivity index (χ3n) is 1.91. The number of nitrogens with two attached hydrogens (primary N) is 1. The quantitative estimate of drug-likeness (QED) is 0.653. The first-order valence-corrected chi connectivity index (χ1v) is 4.79. The van der Waals surface area contributed by atoms with Crippen molar-refractivity contribution < 1.29 is 4.79 Å². The molecule has 1 heterocycles. The highest BCUT2D eigenvalue weighted by molar-refractivity contribution is 7.99. The Kier molecular flexibility index (Phi) is 1.90. The van der Waals surface area contributed by atoms with E-state index >= 15 is 0 Å². The summed E-state index contributed by atoms with van der Waals surface area (Å²) in [5, 5.41) is 0. The van der Waals surface area contributed by atoms with Crippen LogP contribution in [0.5, 0.6) is 0 Å². The van der Waals surface area contributed by atoms with Crippen molar-refractivity contribution in [1.29, 1.82) is 0 Å². The summed E-state index contributed by atoms with van der Waals surface area (Å²) in [6.07, 6.45) is 0. The van der Waals surface area contributed by atoms with Crippen molar-refractivity contribution in [3.05, 3.63) is 29.8 Å². The van der Waals surface area contributed by atoms with E-state index in [2.05, 4.69) is 0 Å². The Balaban J connectivity index is 2.49. The van der Waals surface area contributed by atoms with Gasteiger partial charge in [0.2, 0.25) is 0 Å². The van der Waals surface area contributed by atoms with E-state index in [9.17, 15) is 4.79 Å². The minimum atomic E-state index is -0.315. The van der Waals surface area contributed by atoms with E-state index in [0.29, 0.717) is 5.75 Å². The molecule has 1 aromatic rings. The molecule has 2 N–H and O–H groups in total. The molecule has 1 aliphatic heterocycles. The Morgan fingerprint density at radius 3 is 3.00 bits per heavy atom. The smallest absolute Gasteiger partial charge is 0.181 e. The molecule has 0 aromatic heterocycles. The van der Waals surface area contributed by atoms with E-state index in [1.807, 2.05) is 24.3 Å². The number of benzene rings is 1. The van der Waals surface area contributed by atoms with Crippen LogP contribution in [0.1, 0.15) is 10.4 Å². The summed E-state index contributed by atoms with van der Waals surface area (Å²) in [4.78, 5) is 12.5. The van der Waals surface area contributed by atoms with E-state index in [0.717, 1.165) is 10.5 Å². The molecular weight excluding hydrogens is 170 g/mol. The Hall–Kier alpha value is -0.800. The molecule has 0 spiro atoms. The van der Waals surface area contributed by atoms with Gasteiger partial charge in [0.05, 0.1) is 6.04 Å². The number of carbonyl (C=O) groups excluding carboxylic acids is 1. The monoisotopic (exact) mass is 179 g/mol. The van der Waals surface area contributed by atoms with Crippen molar-refractivity contribution in [2.75, 3.05) is 5.75 Å². The fourth-order valence-electron chi connectivity index (χ4n) is 1.25. The molecule has 0 saturated heterocycles. The maximum absolute atomic E-state index is 11.5. The predicted octanol–water partition coefficient (Wildman–Crippen LogP) is 1.30. The summed E-state index contributed by atoms with van der Waals surface area (Å²) in [7, 11) is 0. The van der Waals surface area contributed by atoms with Crippen LogP contribution in [0.25, 0.3) is 0 Å². The highest BCUT2D eigenvalue weighted by Gasteiger charge is 2.23. The molecule has 0 aliphatic carbocycles. The second-order valence-corrected chi connectivity index (χ2v) is 3.84. The standard InChI is InChI=1S/C9H9NOS/c10-7-5-12-8-4-2-1-3-6(8)9(7)11/h1-4,7H,5,10H2/t7-/m0/s1. The summed E-state index contributed by atoms with van der Waals surface area (Å²) in [5.41, 5.74) is 6.40. The molecule has 1 aliphatic rings. The van der Waals surface area contributed by atoms with Crippen LogP contribution < -0.4 is 5.73 Å². The van der Waals surface area contributed by atoms with Gasteiger partial charge in [0.15, 0.2) is 5.78 Å². The van der Waals surface area contributed by atoms with Gasteiger partial charge >= 0.3 is 0 Å². The number of Topliss-reactive ketones (excluding diaryl/α,β-unsaturated/α-hetero) is 1. The third-order valence-corrected chi connectivity index (χ3v) is 3.10. The molecule has 62 valence electrons. The zero-order chi connectivity index (χ0) is 8.55. The fourth-order valence-corrected chi connectivity index (χ4v) is 2.26. The molecule has 0 unspecified atom stereocenters. The van der Waals surface area contributed by atoms with Gasteiger partial charge in [-0.3, -0.25) is 4.79 Å². The van der Waals surface area contributed by atoms with Gasteiger partial charge in [-0.25, -0.2) is 0 Å². The number of hydrogen-bond acceptors (Lipinski definition) is 3. The van der Waals surface area contributed by atoms with E-state index in [4.69, 9.17) is 5.73 Å². The number of thioether (sulfide) groups is 1. The van der Waals surface area contributed by atoms with Gasteiger partial charge in [0.25, 0.3) is 0 Å². The Labute approximate surface area is 75.1 Å². The maximum atomic E-state index is 11.5. The SMILES string of the molecule is N[C@H]1CSc2ccccc2C1=O. The molecule has 12 heavy (non-hydrogen) atoms. The van der Waals surface area contributed by atoms with Crippen LogP contribution in [0.3, 0.4) is 0 Å². The van der Waals surface area contributed by atoms with Gasteiger partial charge in [0.1, 0.15) is 0 Å². The van der Waals surface area contributed by atoms with Gasteiger partial charge < -0.3 is 5.73 Å².